The van der Waals surface area contributed by atoms with Gasteiger partial charge in [-0.05, 0) is 49.2 Å². The lowest BCUT2D eigenvalue weighted by Gasteiger charge is -2.09. The van der Waals surface area contributed by atoms with Gasteiger partial charge in [0.2, 0.25) is 5.13 Å². The van der Waals surface area contributed by atoms with Crippen molar-refractivity contribution in [3.05, 3.63) is 59.8 Å². The van der Waals surface area contributed by atoms with E-state index in [-0.39, 0.29) is 12.5 Å². The van der Waals surface area contributed by atoms with Crippen LogP contribution < -0.4 is 14.8 Å². The maximum Gasteiger partial charge on any atom is 0.263 e. The highest BCUT2D eigenvalue weighted by Gasteiger charge is 2.15. The van der Waals surface area contributed by atoms with E-state index in [4.69, 9.17) is 9.47 Å². The highest BCUT2D eigenvalue weighted by Crippen LogP contribution is 2.30. The summed E-state index contributed by atoms with van der Waals surface area (Å²) in [5.41, 5.74) is 2.88. The van der Waals surface area contributed by atoms with Crippen LogP contribution in [-0.2, 0) is 11.2 Å². The first kappa shape index (κ1) is 20.9. The van der Waals surface area contributed by atoms with Gasteiger partial charge in [0.15, 0.2) is 6.61 Å². The van der Waals surface area contributed by atoms with Gasteiger partial charge in [-0.2, -0.15) is 9.78 Å². The Morgan fingerprint density at radius 2 is 1.90 bits per heavy atom. The van der Waals surface area contributed by atoms with Gasteiger partial charge in [0.25, 0.3) is 5.91 Å². The Balaban J connectivity index is 1.46. The highest BCUT2D eigenvalue weighted by atomic mass is 32.1. The molecular weight excluding hydrogens is 412 g/mol. The molecule has 0 aliphatic rings. The Bertz CT molecular complexity index is 1200. The first-order valence-corrected chi connectivity index (χ1v) is 10.9. The maximum atomic E-state index is 12.5. The lowest BCUT2D eigenvalue weighted by molar-refractivity contribution is -0.118. The van der Waals surface area contributed by atoms with Crippen molar-refractivity contribution in [3.8, 4) is 16.6 Å². The van der Waals surface area contributed by atoms with Crippen molar-refractivity contribution >= 4 is 33.3 Å². The van der Waals surface area contributed by atoms with Crippen LogP contribution in [0.5, 0.6) is 11.5 Å². The van der Waals surface area contributed by atoms with Gasteiger partial charge >= 0.3 is 0 Å². The average molecular weight is 437 g/mol. The summed E-state index contributed by atoms with van der Waals surface area (Å²) < 4.78 is 13.5. The summed E-state index contributed by atoms with van der Waals surface area (Å²) in [6.45, 7) is 3.93. The number of nitrogens with zero attached hydrogens (tertiary/aromatic N) is 3. The van der Waals surface area contributed by atoms with Gasteiger partial charge in [0.05, 0.1) is 23.0 Å². The maximum absolute atomic E-state index is 12.5. The Labute approximate surface area is 184 Å². The molecule has 31 heavy (non-hydrogen) atoms. The molecule has 0 spiro atoms. The van der Waals surface area contributed by atoms with Gasteiger partial charge in [-0.15, -0.1) is 0 Å². The topological polar surface area (TPSA) is 78.3 Å². The number of benzene rings is 2. The summed E-state index contributed by atoms with van der Waals surface area (Å²) in [5, 5.41) is 8.04. The lowest BCUT2D eigenvalue weighted by atomic mass is 10.1. The third-order valence-corrected chi connectivity index (χ3v) is 5.69. The molecule has 0 unspecified atom stereocenters. The third kappa shape index (κ3) is 4.86. The minimum absolute atomic E-state index is 0.0889. The Hall–Kier alpha value is -3.39. The van der Waals surface area contributed by atoms with E-state index in [1.54, 1.807) is 11.8 Å². The van der Waals surface area contributed by atoms with Crippen molar-refractivity contribution in [2.45, 2.75) is 26.7 Å². The van der Waals surface area contributed by atoms with Crippen molar-refractivity contribution in [3.63, 3.8) is 0 Å². The molecule has 0 radical (unpaired) electrons. The summed E-state index contributed by atoms with van der Waals surface area (Å²) in [6, 6.07) is 15.4. The second kappa shape index (κ2) is 9.18. The minimum atomic E-state index is -0.262. The van der Waals surface area contributed by atoms with E-state index in [2.05, 4.69) is 22.3 Å². The number of thiazole rings is 1. The minimum Gasteiger partial charge on any atom is -0.497 e. The fourth-order valence-electron chi connectivity index (χ4n) is 3.21. The van der Waals surface area contributed by atoms with Crippen LogP contribution >= 0.6 is 11.3 Å². The van der Waals surface area contributed by atoms with Crippen LogP contribution in [0, 0.1) is 6.92 Å². The molecule has 0 bridgehead atoms. The quantitative estimate of drug-likeness (QED) is 0.430. The van der Waals surface area contributed by atoms with Gasteiger partial charge in [-0.3, -0.25) is 4.79 Å². The first-order valence-electron chi connectivity index (χ1n) is 10.1. The number of nitrogens with one attached hydrogen (secondary N) is 1. The van der Waals surface area contributed by atoms with Crippen LogP contribution in [-0.4, -0.2) is 34.4 Å². The predicted octanol–water partition coefficient (Wildman–Crippen LogP) is 4.77. The number of ether oxygens (including phenoxy) is 2. The molecule has 0 aliphatic heterocycles. The molecule has 1 amide bonds. The molecule has 1 N–H and O–H groups in total. The number of carbonyl (C=O) groups is 1. The molecule has 4 rings (SSSR count). The summed E-state index contributed by atoms with van der Waals surface area (Å²) in [6.07, 6.45) is 2.13. The number of hydrogen-bond acceptors (Lipinski definition) is 6. The SMILES string of the molecule is CCCc1ccc(OCC(=O)Nc2cc(C)nn2-c2nc3ccc(OC)cc3s2)cc1. The van der Waals surface area contributed by atoms with Crippen LogP contribution in [0.15, 0.2) is 48.5 Å². The Kier molecular flexibility index (Phi) is 6.18. The molecule has 0 atom stereocenters. The van der Waals surface area contributed by atoms with Gasteiger partial charge < -0.3 is 14.8 Å². The number of carbonyl (C=O) groups excluding carboxylic acids is 1. The van der Waals surface area contributed by atoms with Crippen molar-refractivity contribution in [1.82, 2.24) is 14.8 Å². The second-order valence-electron chi connectivity index (χ2n) is 7.14. The van der Waals surface area contributed by atoms with Crippen LogP contribution in [0.25, 0.3) is 15.3 Å². The van der Waals surface area contributed by atoms with Gasteiger partial charge in [-0.25, -0.2) is 4.98 Å². The van der Waals surface area contributed by atoms with Crippen molar-refractivity contribution in [2.24, 2.45) is 0 Å². The number of aryl methyl sites for hydroxylation is 2. The van der Waals surface area contributed by atoms with Crippen molar-refractivity contribution in [1.29, 1.82) is 0 Å². The largest absolute Gasteiger partial charge is 0.497 e. The molecule has 2 aromatic heterocycles. The second-order valence-corrected chi connectivity index (χ2v) is 8.15. The van der Waals surface area contributed by atoms with Gasteiger partial charge in [0.1, 0.15) is 17.3 Å². The van der Waals surface area contributed by atoms with Crippen LogP contribution in [0.2, 0.25) is 0 Å². The molecule has 0 saturated carbocycles. The molecule has 0 fully saturated rings. The van der Waals surface area contributed by atoms with E-state index in [1.807, 2.05) is 55.5 Å². The van der Waals surface area contributed by atoms with E-state index in [9.17, 15) is 4.79 Å². The van der Waals surface area contributed by atoms with Gasteiger partial charge in [-0.1, -0.05) is 36.8 Å². The van der Waals surface area contributed by atoms with Crippen molar-refractivity contribution in [2.75, 3.05) is 19.0 Å². The molecule has 0 aliphatic carbocycles. The number of methoxy groups -OCH3 is 1. The molecule has 8 heteroatoms. The standard InChI is InChI=1S/C23H24N4O3S/c1-4-5-16-6-8-17(9-7-16)30-14-22(28)25-21-12-15(2)26-27(21)23-24-19-11-10-18(29-3)13-20(19)31-23/h6-13H,4-5,14H2,1-3H3,(H,25,28). The monoisotopic (exact) mass is 436 g/mol. The summed E-state index contributed by atoms with van der Waals surface area (Å²) in [7, 11) is 1.63. The zero-order valence-corrected chi connectivity index (χ0v) is 18.5. The van der Waals surface area contributed by atoms with Crippen LogP contribution in [0.4, 0.5) is 5.82 Å². The highest BCUT2D eigenvalue weighted by molar-refractivity contribution is 7.20. The predicted molar refractivity (Wildman–Crippen MR) is 123 cm³/mol. The number of hydrogen-bond donors (Lipinski definition) is 1. The zero-order valence-electron chi connectivity index (χ0n) is 17.7. The fraction of sp³-hybridized carbons (Fsp3) is 0.261. The van der Waals surface area contributed by atoms with Crippen molar-refractivity contribution < 1.29 is 14.3 Å². The van der Waals surface area contributed by atoms with E-state index in [0.717, 1.165) is 34.5 Å². The number of fused-ring (bicyclic) bond motifs is 1. The Morgan fingerprint density at radius 3 is 2.65 bits per heavy atom. The van der Waals surface area contributed by atoms with Crippen LogP contribution in [0.3, 0.4) is 0 Å². The first-order chi connectivity index (χ1) is 15.1. The van der Waals surface area contributed by atoms with Crippen LogP contribution in [0.1, 0.15) is 24.6 Å². The normalized spacial score (nSPS) is 10.9. The van der Waals surface area contributed by atoms with E-state index in [1.165, 1.54) is 16.9 Å². The third-order valence-electron chi connectivity index (χ3n) is 4.70. The van der Waals surface area contributed by atoms with E-state index >= 15 is 0 Å². The number of rotatable bonds is 8. The summed E-state index contributed by atoms with van der Waals surface area (Å²) in [5.74, 6) is 1.73. The molecular formula is C23H24N4O3S. The summed E-state index contributed by atoms with van der Waals surface area (Å²) >= 11 is 1.48. The molecule has 2 heterocycles. The zero-order chi connectivity index (χ0) is 21.8. The number of amides is 1. The molecule has 7 nitrogen and oxygen atoms in total. The molecule has 160 valence electrons. The fourth-order valence-corrected chi connectivity index (χ4v) is 4.17. The molecule has 2 aromatic carbocycles. The molecule has 4 aromatic rings. The van der Waals surface area contributed by atoms with Gasteiger partial charge in [0, 0.05) is 6.07 Å². The number of aromatic nitrogens is 3. The number of anilines is 1. The lowest BCUT2D eigenvalue weighted by Crippen LogP contribution is -2.21. The summed E-state index contributed by atoms with van der Waals surface area (Å²) in [4.78, 5) is 17.1. The van der Waals surface area contributed by atoms with E-state index < -0.39 is 0 Å². The molecule has 0 saturated heterocycles. The smallest absolute Gasteiger partial charge is 0.263 e. The Morgan fingerprint density at radius 1 is 1.13 bits per heavy atom. The van der Waals surface area contributed by atoms with E-state index in [0.29, 0.717) is 16.7 Å². The average Bonchev–Trinajstić information content (AvgIpc) is 3.35.